The van der Waals surface area contributed by atoms with Gasteiger partial charge >= 0.3 is 0 Å². The summed E-state index contributed by atoms with van der Waals surface area (Å²) in [5.41, 5.74) is 0.0516. The van der Waals surface area contributed by atoms with E-state index in [0.29, 0.717) is 23.8 Å². The minimum atomic E-state index is -4.36. The van der Waals surface area contributed by atoms with E-state index >= 15 is 0 Å². The Kier molecular flexibility index (Phi) is 8.29. The molecule has 1 saturated heterocycles. The van der Waals surface area contributed by atoms with Crippen LogP contribution in [0.3, 0.4) is 0 Å². The highest BCUT2D eigenvalue weighted by molar-refractivity contribution is 7.90. The molecule has 2 heterocycles. The molecule has 1 fully saturated rings. The number of likely N-dealkylation sites (tertiary alicyclic amines) is 1. The summed E-state index contributed by atoms with van der Waals surface area (Å²) in [6.45, 7) is 12.2. The van der Waals surface area contributed by atoms with Crippen LogP contribution in [0.25, 0.3) is 0 Å². The first-order chi connectivity index (χ1) is 17.0. The fourth-order valence-corrected chi connectivity index (χ4v) is 5.20. The van der Waals surface area contributed by atoms with Crippen molar-refractivity contribution in [2.75, 3.05) is 6.54 Å². The summed E-state index contributed by atoms with van der Waals surface area (Å²) in [7, 11) is -4.36. The number of amides is 1. The van der Waals surface area contributed by atoms with E-state index in [9.17, 15) is 17.6 Å². The van der Waals surface area contributed by atoms with Crippen LogP contribution in [0.4, 0.5) is 4.39 Å². The Balaban J connectivity index is 1.85. The Hall–Kier alpha value is -3.53. The Labute approximate surface area is 211 Å². The van der Waals surface area contributed by atoms with Crippen LogP contribution in [0.2, 0.25) is 0 Å². The molecule has 1 N–H and O–H groups in total. The molecule has 1 aliphatic rings. The third-order valence-electron chi connectivity index (χ3n) is 5.80. The Morgan fingerprint density at radius 1 is 1.31 bits per heavy atom. The van der Waals surface area contributed by atoms with Gasteiger partial charge in [0.2, 0.25) is 5.88 Å². The summed E-state index contributed by atoms with van der Waals surface area (Å²) in [5, 5.41) is -0.416. The molecular weight excluding hydrogens is 483 g/mol. The first-order valence-electron chi connectivity index (χ1n) is 11.5. The quantitative estimate of drug-likeness (QED) is 0.306. The summed E-state index contributed by atoms with van der Waals surface area (Å²) < 4.78 is 47.4. The fourth-order valence-electron chi connectivity index (χ4n) is 4.27. The Morgan fingerprint density at radius 3 is 2.64 bits per heavy atom. The van der Waals surface area contributed by atoms with Gasteiger partial charge < -0.3 is 9.64 Å². The minimum absolute atomic E-state index is 0.0304. The number of carbonyl (C=O) groups is 1. The van der Waals surface area contributed by atoms with E-state index in [-0.39, 0.29) is 23.6 Å². The Bertz CT molecular complexity index is 1300. The maximum absolute atomic E-state index is 13.8. The predicted molar refractivity (Wildman–Crippen MR) is 136 cm³/mol. The van der Waals surface area contributed by atoms with Crippen molar-refractivity contribution in [2.45, 2.75) is 51.3 Å². The number of sulfonamides is 1. The van der Waals surface area contributed by atoms with Crippen molar-refractivity contribution in [3.63, 3.8) is 0 Å². The van der Waals surface area contributed by atoms with Gasteiger partial charge in [0.05, 0.1) is 5.57 Å². The third kappa shape index (κ3) is 6.17. The van der Waals surface area contributed by atoms with E-state index in [0.717, 1.165) is 6.42 Å². The van der Waals surface area contributed by atoms with Gasteiger partial charge in [-0.1, -0.05) is 43.8 Å². The lowest BCUT2D eigenvalue weighted by molar-refractivity contribution is -0.115. The van der Waals surface area contributed by atoms with E-state index in [4.69, 9.17) is 4.74 Å². The monoisotopic (exact) mass is 514 g/mol. The summed E-state index contributed by atoms with van der Waals surface area (Å²) >= 11 is 0. The number of ether oxygens (including phenoxy) is 1. The molecule has 1 aliphatic heterocycles. The number of benzene rings is 1. The van der Waals surface area contributed by atoms with Gasteiger partial charge in [0.25, 0.3) is 15.9 Å². The minimum Gasteiger partial charge on any atom is -0.473 e. The van der Waals surface area contributed by atoms with Gasteiger partial charge in [0.1, 0.15) is 18.2 Å². The predicted octanol–water partition coefficient (Wildman–Crippen LogP) is 4.21. The lowest BCUT2D eigenvalue weighted by Crippen LogP contribution is -2.39. The van der Waals surface area contributed by atoms with Gasteiger partial charge in [-0.15, -0.1) is 0 Å². The molecular formula is C26H31FN4O4S. The molecule has 1 amide bonds. The Morgan fingerprint density at radius 2 is 2.03 bits per heavy atom. The topological polar surface area (TPSA) is 101 Å². The molecule has 0 radical (unpaired) electrons. The van der Waals surface area contributed by atoms with Crippen molar-refractivity contribution < 1.29 is 22.3 Å². The van der Waals surface area contributed by atoms with E-state index in [1.165, 1.54) is 30.3 Å². The van der Waals surface area contributed by atoms with Crippen LogP contribution in [-0.2, 0) is 21.4 Å². The highest BCUT2D eigenvalue weighted by atomic mass is 32.2. The molecule has 36 heavy (non-hydrogen) atoms. The molecule has 2 aromatic rings. The number of nitrogens with zero attached hydrogens (tertiary/aromatic N) is 3. The molecule has 3 rings (SSSR count). The maximum atomic E-state index is 13.8. The molecule has 10 heteroatoms. The SMILES string of the molecule is C=C/C(C(=O)NS(=O)(=O)c1cccc(OCc2ccccc2F)n1)=C(\N=C/C)N1CC(C)CC1(C)C. The van der Waals surface area contributed by atoms with E-state index in [1.54, 1.807) is 31.3 Å². The first kappa shape index (κ1) is 27.1. The van der Waals surface area contributed by atoms with Crippen molar-refractivity contribution >= 4 is 22.1 Å². The zero-order valence-corrected chi connectivity index (χ0v) is 21.7. The van der Waals surface area contributed by atoms with E-state index in [1.807, 2.05) is 18.7 Å². The van der Waals surface area contributed by atoms with Crippen LogP contribution < -0.4 is 9.46 Å². The average molecular weight is 515 g/mol. The standard InChI is InChI=1S/C26H31FN4O4S/c1-6-20(24(28-7-2)31-16-18(3)15-26(31,4)5)25(32)30-36(33,34)23-14-10-13-22(29-23)35-17-19-11-8-9-12-21(19)27/h6-14,18H,1,15-17H2,2-5H3,(H,30,32)/b24-20-,28-7-. The number of hydrogen-bond donors (Lipinski definition) is 1. The second-order valence-corrected chi connectivity index (χ2v) is 10.8. The van der Waals surface area contributed by atoms with Crippen molar-refractivity contribution in [1.29, 1.82) is 0 Å². The van der Waals surface area contributed by atoms with E-state index < -0.39 is 26.8 Å². The number of rotatable bonds is 9. The first-order valence-corrected chi connectivity index (χ1v) is 13.0. The largest absolute Gasteiger partial charge is 0.473 e. The van der Waals surface area contributed by atoms with Crippen LogP contribution in [-0.4, -0.2) is 42.5 Å². The van der Waals surface area contributed by atoms with Crippen LogP contribution in [0.15, 0.2) is 76.5 Å². The smallest absolute Gasteiger partial charge is 0.281 e. The zero-order valence-electron chi connectivity index (χ0n) is 20.9. The third-order valence-corrected chi connectivity index (χ3v) is 7.04. The van der Waals surface area contributed by atoms with Gasteiger partial charge in [-0.2, -0.15) is 13.4 Å². The lowest BCUT2D eigenvalue weighted by atomic mass is 9.97. The summed E-state index contributed by atoms with van der Waals surface area (Å²) in [5.74, 6) is -0.628. The molecule has 8 nitrogen and oxygen atoms in total. The van der Waals surface area contributed by atoms with Gasteiger partial charge in [0.15, 0.2) is 5.03 Å². The lowest BCUT2D eigenvalue weighted by Gasteiger charge is -2.34. The second kappa shape index (κ2) is 11.0. The second-order valence-electron chi connectivity index (χ2n) is 9.19. The number of pyridine rings is 1. The maximum Gasteiger partial charge on any atom is 0.281 e. The molecule has 0 aliphatic carbocycles. The summed E-state index contributed by atoms with van der Waals surface area (Å²) in [6.07, 6.45) is 3.74. The number of nitrogens with one attached hydrogen (secondary N) is 1. The van der Waals surface area contributed by atoms with Crippen molar-refractivity contribution in [3.05, 3.63) is 77.9 Å². The molecule has 0 bridgehead atoms. The number of halogens is 1. The molecule has 1 atom stereocenters. The van der Waals surface area contributed by atoms with Gasteiger partial charge in [-0.3, -0.25) is 4.79 Å². The molecule has 0 saturated carbocycles. The van der Waals surface area contributed by atoms with Crippen LogP contribution in [0, 0.1) is 11.7 Å². The average Bonchev–Trinajstić information content (AvgIpc) is 3.09. The van der Waals surface area contributed by atoms with Crippen molar-refractivity contribution in [3.8, 4) is 5.88 Å². The molecule has 192 valence electrons. The van der Waals surface area contributed by atoms with Crippen molar-refractivity contribution in [2.24, 2.45) is 10.9 Å². The number of aromatic nitrogens is 1. The number of aliphatic imine (C=N–C) groups is 1. The van der Waals surface area contributed by atoms with Crippen molar-refractivity contribution in [1.82, 2.24) is 14.6 Å². The zero-order chi connectivity index (χ0) is 26.5. The summed E-state index contributed by atoms with van der Waals surface area (Å²) in [6, 6.07) is 10.2. The van der Waals surface area contributed by atoms with Crippen LogP contribution in [0.1, 0.15) is 39.7 Å². The molecule has 0 spiro atoms. The molecule has 1 aromatic carbocycles. The highest BCUT2D eigenvalue weighted by Crippen LogP contribution is 2.37. The molecule has 1 aromatic heterocycles. The van der Waals surface area contributed by atoms with Gasteiger partial charge in [-0.05, 0) is 45.2 Å². The number of hydrogen-bond acceptors (Lipinski definition) is 7. The van der Waals surface area contributed by atoms with Crippen LogP contribution in [0.5, 0.6) is 5.88 Å². The highest BCUT2D eigenvalue weighted by Gasteiger charge is 2.39. The summed E-state index contributed by atoms with van der Waals surface area (Å²) in [4.78, 5) is 23.5. The normalized spacial score (nSPS) is 18.1. The van der Waals surface area contributed by atoms with Crippen LogP contribution >= 0.6 is 0 Å². The molecule has 1 unspecified atom stereocenters. The van der Waals surface area contributed by atoms with Gasteiger partial charge in [0, 0.05) is 29.9 Å². The fraction of sp³-hybridized carbons (Fsp3) is 0.346. The van der Waals surface area contributed by atoms with E-state index in [2.05, 4.69) is 28.2 Å². The van der Waals surface area contributed by atoms with Gasteiger partial charge in [-0.25, -0.2) is 14.1 Å². The number of carbonyl (C=O) groups excluding carboxylic acids is 1.